The molecule has 0 radical (unpaired) electrons. The average molecular weight is 658 g/mol. The predicted molar refractivity (Wildman–Crippen MR) is 146 cm³/mol. The molecule has 13 heteroatoms. The number of carbonyl (C=O) groups excluding carboxylic acids is 1. The summed E-state index contributed by atoms with van der Waals surface area (Å²) in [7, 11) is -3.37. The SMILES string of the molecule is O=C1c2cc(Oc3c([N+](=O)[O-])ccc4c3CCC4OP(=O)(NCCBr)NCCBr)ccc2CN1C1CC1. The van der Waals surface area contributed by atoms with Crippen LogP contribution in [0.25, 0.3) is 0 Å². The Labute approximate surface area is 231 Å². The topological polar surface area (TPSA) is 123 Å². The van der Waals surface area contributed by atoms with Crippen molar-refractivity contribution in [2.24, 2.45) is 0 Å². The molecule has 2 aromatic rings. The van der Waals surface area contributed by atoms with Gasteiger partial charge in [0.1, 0.15) is 5.75 Å². The first kappa shape index (κ1) is 26.8. The molecule has 198 valence electrons. The van der Waals surface area contributed by atoms with Crippen molar-refractivity contribution in [1.82, 2.24) is 15.1 Å². The zero-order valence-electron chi connectivity index (χ0n) is 20.0. The van der Waals surface area contributed by atoms with Crippen LogP contribution in [0.5, 0.6) is 11.5 Å². The van der Waals surface area contributed by atoms with Crippen molar-refractivity contribution in [2.75, 3.05) is 23.7 Å². The number of ether oxygens (including phenoxy) is 1. The second kappa shape index (κ2) is 11.1. The Hall–Kier alpha value is -1.82. The van der Waals surface area contributed by atoms with Gasteiger partial charge in [-0.2, -0.15) is 0 Å². The Balaban J connectivity index is 1.42. The molecule has 5 rings (SSSR count). The number of hydrogen-bond acceptors (Lipinski definition) is 6. The standard InChI is InChI=1S/C24H27Br2N4O6P/c25-9-11-27-37(34,28-12-10-26)36-22-8-6-19-18(22)5-7-21(30(32)33)23(19)35-17-4-1-15-14-29(16-2-3-16)24(31)20(15)13-17/h1,4-5,7,13,16,22H,2-3,6,8-12,14H2,(H2,27,28,34). The zero-order chi connectivity index (χ0) is 26.2. The molecule has 1 aliphatic heterocycles. The van der Waals surface area contributed by atoms with Crippen molar-refractivity contribution in [3.8, 4) is 11.5 Å². The summed E-state index contributed by atoms with van der Waals surface area (Å²) in [5.41, 5.74) is 2.71. The van der Waals surface area contributed by atoms with Crippen LogP contribution in [0.1, 0.15) is 52.4 Å². The van der Waals surface area contributed by atoms with Crippen molar-refractivity contribution in [2.45, 2.75) is 44.4 Å². The summed E-state index contributed by atoms with van der Waals surface area (Å²) in [5.74, 6) is 0.482. The highest BCUT2D eigenvalue weighted by Crippen LogP contribution is 2.51. The molecule has 2 aromatic carbocycles. The minimum atomic E-state index is -3.37. The zero-order valence-corrected chi connectivity index (χ0v) is 24.0. The van der Waals surface area contributed by atoms with E-state index in [1.807, 2.05) is 11.0 Å². The lowest BCUT2D eigenvalue weighted by Gasteiger charge is -2.24. The second-order valence-electron chi connectivity index (χ2n) is 9.20. The number of nitro benzene ring substituents is 1. The molecule has 2 N–H and O–H groups in total. The third kappa shape index (κ3) is 5.65. The van der Waals surface area contributed by atoms with Crippen LogP contribution in [0.3, 0.4) is 0 Å². The summed E-state index contributed by atoms with van der Waals surface area (Å²) in [6.07, 6.45) is 2.50. The lowest BCUT2D eigenvalue weighted by molar-refractivity contribution is -0.385. The van der Waals surface area contributed by atoms with Gasteiger partial charge >= 0.3 is 13.4 Å². The van der Waals surface area contributed by atoms with E-state index in [0.717, 1.165) is 18.4 Å². The van der Waals surface area contributed by atoms with E-state index in [-0.39, 0.29) is 17.3 Å². The van der Waals surface area contributed by atoms with Crippen molar-refractivity contribution in [3.05, 3.63) is 62.7 Å². The number of nitro groups is 1. The fourth-order valence-electron chi connectivity index (χ4n) is 4.84. The number of hydrogen-bond donors (Lipinski definition) is 2. The molecule has 1 atom stereocenters. The molecule has 0 aromatic heterocycles. The van der Waals surface area contributed by atoms with Gasteiger partial charge in [-0.3, -0.25) is 24.0 Å². The van der Waals surface area contributed by atoms with Crippen LogP contribution >= 0.6 is 39.5 Å². The monoisotopic (exact) mass is 656 g/mol. The van der Waals surface area contributed by atoms with Crippen molar-refractivity contribution in [3.63, 3.8) is 0 Å². The number of alkyl halides is 2. The fraction of sp³-hybridized carbons (Fsp3) is 0.458. The number of amides is 1. The normalized spacial score (nSPS) is 18.7. The Bertz CT molecular complexity index is 1260. The van der Waals surface area contributed by atoms with E-state index in [0.29, 0.717) is 71.6 Å². The lowest BCUT2D eigenvalue weighted by atomic mass is 10.1. The number of fused-ring (bicyclic) bond motifs is 2. The molecule has 0 spiro atoms. The van der Waals surface area contributed by atoms with Crippen LogP contribution in [0, 0.1) is 10.1 Å². The number of rotatable bonds is 12. The second-order valence-corrected chi connectivity index (χ2v) is 12.7. The van der Waals surface area contributed by atoms with Gasteiger partial charge in [0.05, 0.1) is 11.0 Å². The van der Waals surface area contributed by atoms with E-state index in [9.17, 15) is 19.5 Å². The summed E-state index contributed by atoms with van der Waals surface area (Å²) in [6.45, 7) is 1.47. The number of halogens is 2. The Kier molecular flexibility index (Phi) is 8.04. The van der Waals surface area contributed by atoms with E-state index >= 15 is 0 Å². The van der Waals surface area contributed by atoms with Gasteiger partial charge in [0, 0.05) is 53.5 Å². The first-order valence-corrected chi connectivity index (χ1v) is 16.0. The summed E-state index contributed by atoms with van der Waals surface area (Å²) < 4.78 is 25.6. The van der Waals surface area contributed by atoms with Gasteiger partial charge in [-0.25, -0.2) is 10.2 Å². The quantitative estimate of drug-likeness (QED) is 0.131. The first-order chi connectivity index (χ1) is 17.8. The molecule has 1 fully saturated rings. The van der Waals surface area contributed by atoms with Crippen LogP contribution in [-0.4, -0.2) is 45.5 Å². The average Bonchev–Trinajstić information content (AvgIpc) is 3.57. The third-order valence-electron chi connectivity index (χ3n) is 6.70. The molecular formula is C24H27Br2N4O6P. The van der Waals surface area contributed by atoms with Crippen molar-refractivity contribution >= 4 is 51.1 Å². The summed E-state index contributed by atoms with van der Waals surface area (Å²) in [6, 6.07) is 8.63. The van der Waals surface area contributed by atoms with Crippen molar-refractivity contribution in [1.29, 1.82) is 0 Å². The van der Waals surface area contributed by atoms with Gasteiger partial charge < -0.3 is 9.64 Å². The van der Waals surface area contributed by atoms with Crippen LogP contribution < -0.4 is 14.9 Å². The maximum Gasteiger partial charge on any atom is 0.341 e. The Morgan fingerprint density at radius 2 is 1.84 bits per heavy atom. The van der Waals surface area contributed by atoms with E-state index in [2.05, 4.69) is 42.0 Å². The van der Waals surface area contributed by atoms with Crippen LogP contribution in [-0.2, 0) is 22.1 Å². The Morgan fingerprint density at radius 3 is 2.49 bits per heavy atom. The van der Waals surface area contributed by atoms with Crippen LogP contribution in [0.4, 0.5) is 5.69 Å². The molecule has 1 saturated carbocycles. The van der Waals surface area contributed by atoms with Crippen molar-refractivity contribution < 1.29 is 23.5 Å². The summed E-state index contributed by atoms with van der Waals surface area (Å²) in [5, 5.41) is 19.0. The highest BCUT2D eigenvalue weighted by molar-refractivity contribution is 9.09. The fourth-order valence-corrected chi connectivity index (χ4v) is 7.50. The molecule has 0 bridgehead atoms. The maximum atomic E-state index is 13.4. The molecule has 1 heterocycles. The number of nitrogens with zero attached hydrogens (tertiary/aromatic N) is 2. The summed E-state index contributed by atoms with van der Waals surface area (Å²) >= 11 is 6.65. The van der Waals surface area contributed by atoms with E-state index in [1.54, 1.807) is 18.2 Å². The van der Waals surface area contributed by atoms with Gasteiger partial charge in [-0.1, -0.05) is 37.9 Å². The molecular weight excluding hydrogens is 631 g/mol. The first-order valence-electron chi connectivity index (χ1n) is 12.2. The van der Waals surface area contributed by atoms with E-state index in [1.165, 1.54) is 6.07 Å². The molecule has 10 nitrogen and oxygen atoms in total. The highest BCUT2D eigenvalue weighted by Gasteiger charge is 2.39. The molecule has 0 saturated heterocycles. The highest BCUT2D eigenvalue weighted by atomic mass is 79.9. The molecule has 37 heavy (non-hydrogen) atoms. The third-order valence-corrected chi connectivity index (χ3v) is 9.33. The van der Waals surface area contributed by atoms with E-state index < -0.39 is 18.7 Å². The van der Waals surface area contributed by atoms with Gasteiger partial charge in [-0.15, -0.1) is 0 Å². The predicted octanol–water partition coefficient (Wildman–Crippen LogP) is 5.59. The van der Waals surface area contributed by atoms with Gasteiger partial charge in [0.25, 0.3) is 5.91 Å². The minimum absolute atomic E-state index is 0.0214. The molecule has 3 aliphatic rings. The smallest absolute Gasteiger partial charge is 0.341 e. The van der Waals surface area contributed by atoms with Gasteiger partial charge in [0.2, 0.25) is 5.75 Å². The number of carbonyl (C=O) groups is 1. The molecule has 2 aliphatic carbocycles. The molecule has 1 amide bonds. The Morgan fingerprint density at radius 1 is 1.11 bits per heavy atom. The lowest BCUT2D eigenvalue weighted by Crippen LogP contribution is -2.27. The van der Waals surface area contributed by atoms with Gasteiger partial charge in [0.15, 0.2) is 0 Å². The number of benzene rings is 2. The van der Waals surface area contributed by atoms with Crippen LogP contribution in [0.15, 0.2) is 30.3 Å². The van der Waals surface area contributed by atoms with Crippen LogP contribution in [0.2, 0.25) is 0 Å². The van der Waals surface area contributed by atoms with Gasteiger partial charge in [-0.05, 0) is 55.0 Å². The minimum Gasteiger partial charge on any atom is -0.450 e. The summed E-state index contributed by atoms with van der Waals surface area (Å²) in [4.78, 5) is 26.2. The number of nitrogens with one attached hydrogen (secondary N) is 2. The maximum absolute atomic E-state index is 13.4. The largest absolute Gasteiger partial charge is 0.450 e. The van der Waals surface area contributed by atoms with E-state index in [4.69, 9.17) is 9.26 Å². The molecule has 1 unspecified atom stereocenters.